The van der Waals surface area contributed by atoms with Crippen LogP contribution in [-0.4, -0.2) is 18.4 Å². The molecule has 1 aliphatic carbocycles. The lowest BCUT2D eigenvalue weighted by Crippen LogP contribution is -2.06. The molecule has 1 heterocycles. The fraction of sp³-hybridized carbons (Fsp3) is 0.455. The minimum Gasteiger partial charge on any atom is -0.462 e. The standard InChI is InChI=1S/C11H12O3S/c1-2-14-11(13)9-6-7-4-3-5-8(12)10(7)15-9/h6H,2-5H2,1H3. The molecule has 1 aromatic heterocycles. The van der Waals surface area contributed by atoms with E-state index in [0.29, 0.717) is 17.9 Å². The Bertz CT molecular complexity index is 406. The molecule has 3 nitrogen and oxygen atoms in total. The molecule has 0 saturated heterocycles. The molecule has 1 aliphatic rings. The fourth-order valence-corrected chi connectivity index (χ4v) is 2.78. The van der Waals surface area contributed by atoms with Crippen molar-refractivity contribution in [2.45, 2.75) is 26.2 Å². The van der Waals surface area contributed by atoms with Crippen molar-refractivity contribution in [2.75, 3.05) is 6.61 Å². The van der Waals surface area contributed by atoms with E-state index in [-0.39, 0.29) is 11.8 Å². The molecule has 0 unspecified atom stereocenters. The predicted octanol–water partition coefficient (Wildman–Crippen LogP) is 2.44. The molecule has 0 N–H and O–H groups in total. The first-order valence-corrected chi connectivity index (χ1v) is 5.87. The Labute approximate surface area is 92.1 Å². The van der Waals surface area contributed by atoms with Crippen molar-refractivity contribution in [2.24, 2.45) is 0 Å². The lowest BCUT2D eigenvalue weighted by molar-refractivity contribution is 0.0532. The van der Waals surface area contributed by atoms with Gasteiger partial charge in [-0.3, -0.25) is 4.79 Å². The summed E-state index contributed by atoms with van der Waals surface area (Å²) in [5.74, 6) is -0.151. The first-order chi connectivity index (χ1) is 7.22. The summed E-state index contributed by atoms with van der Waals surface area (Å²) in [7, 11) is 0. The van der Waals surface area contributed by atoms with Crippen molar-refractivity contribution in [3.63, 3.8) is 0 Å². The molecule has 0 saturated carbocycles. The van der Waals surface area contributed by atoms with E-state index < -0.39 is 0 Å². The van der Waals surface area contributed by atoms with Crippen molar-refractivity contribution in [3.05, 3.63) is 21.4 Å². The molecule has 80 valence electrons. The summed E-state index contributed by atoms with van der Waals surface area (Å²) in [5, 5.41) is 0. The Balaban J connectivity index is 2.29. The number of hydrogen-bond acceptors (Lipinski definition) is 4. The summed E-state index contributed by atoms with van der Waals surface area (Å²) in [4.78, 5) is 24.3. The third-order valence-electron chi connectivity index (χ3n) is 2.39. The van der Waals surface area contributed by atoms with E-state index in [4.69, 9.17) is 4.74 Å². The van der Waals surface area contributed by atoms with E-state index in [2.05, 4.69) is 0 Å². The van der Waals surface area contributed by atoms with Gasteiger partial charge < -0.3 is 4.74 Å². The molecular weight excluding hydrogens is 212 g/mol. The number of carbonyl (C=O) groups excluding carboxylic acids is 2. The lowest BCUT2D eigenvalue weighted by Gasteiger charge is -2.07. The van der Waals surface area contributed by atoms with Crippen LogP contribution in [-0.2, 0) is 11.2 Å². The predicted molar refractivity (Wildman–Crippen MR) is 57.5 cm³/mol. The number of hydrogen-bond donors (Lipinski definition) is 0. The van der Waals surface area contributed by atoms with E-state index in [1.54, 1.807) is 13.0 Å². The van der Waals surface area contributed by atoms with Gasteiger partial charge in [-0.25, -0.2) is 4.79 Å². The van der Waals surface area contributed by atoms with Crippen LogP contribution < -0.4 is 0 Å². The number of Topliss-reactive ketones (excluding diaryl/α,β-unsaturated/α-hetero) is 1. The van der Waals surface area contributed by atoms with Crippen LogP contribution in [0.3, 0.4) is 0 Å². The number of carbonyl (C=O) groups is 2. The average Bonchev–Trinajstić information content (AvgIpc) is 2.63. The van der Waals surface area contributed by atoms with Crippen LogP contribution in [0.1, 0.15) is 44.7 Å². The Morgan fingerprint density at radius 1 is 1.53 bits per heavy atom. The van der Waals surface area contributed by atoms with Crippen molar-refractivity contribution in [1.29, 1.82) is 0 Å². The first-order valence-electron chi connectivity index (χ1n) is 5.05. The zero-order valence-corrected chi connectivity index (χ0v) is 9.36. The van der Waals surface area contributed by atoms with Gasteiger partial charge >= 0.3 is 5.97 Å². The SMILES string of the molecule is CCOC(=O)c1cc2c(s1)C(=O)CCC2. The quantitative estimate of drug-likeness (QED) is 0.725. The molecule has 4 heteroatoms. The summed E-state index contributed by atoms with van der Waals surface area (Å²) in [5.41, 5.74) is 1.01. The van der Waals surface area contributed by atoms with Gasteiger partial charge in [-0.15, -0.1) is 11.3 Å². The van der Waals surface area contributed by atoms with Gasteiger partial charge in [0.05, 0.1) is 11.5 Å². The smallest absolute Gasteiger partial charge is 0.348 e. The molecule has 0 atom stereocenters. The van der Waals surface area contributed by atoms with Crippen LogP contribution in [0.4, 0.5) is 0 Å². The number of esters is 1. The highest BCUT2D eigenvalue weighted by Gasteiger charge is 2.23. The highest BCUT2D eigenvalue weighted by molar-refractivity contribution is 7.16. The normalized spacial score (nSPS) is 14.9. The van der Waals surface area contributed by atoms with Crippen molar-refractivity contribution in [1.82, 2.24) is 0 Å². The van der Waals surface area contributed by atoms with Gasteiger partial charge in [0.1, 0.15) is 4.88 Å². The lowest BCUT2D eigenvalue weighted by atomic mass is 9.98. The molecule has 2 rings (SSSR count). The molecule has 0 fully saturated rings. The van der Waals surface area contributed by atoms with Gasteiger partial charge in [-0.05, 0) is 31.4 Å². The summed E-state index contributed by atoms with van der Waals surface area (Å²) in [6.45, 7) is 2.14. The van der Waals surface area contributed by atoms with Crippen molar-refractivity contribution < 1.29 is 14.3 Å². The second-order valence-electron chi connectivity index (χ2n) is 3.46. The van der Waals surface area contributed by atoms with Gasteiger partial charge in [0.15, 0.2) is 5.78 Å². The number of ether oxygens (including phenoxy) is 1. The third-order valence-corrected chi connectivity index (χ3v) is 3.59. The largest absolute Gasteiger partial charge is 0.462 e. The molecule has 0 aromatic carbocycles. The van der Waals surface area contributed by atoms with Gasteiger partial charge in [0.2, 0.25) is 0 Å². The number of aryl methyl sites for hydroxylation is 1. The van der Waals surface area contributed by atoms with Crippen LogP contribution in [0.2, 0.25) is 0 Å². The van der Waals surface area contributed by atoms with Crippen LogP contribution in [0.15, 0.2) is 6.07 Å². The minimum absolute atomic E-state index is 0.164. The average molecular weight is 224 g/mol. The van der Waals surface area contributed by atoms with Gasteiger partial charge in [0, 0.05) is 6.42 Å². The molecule has 0 spiro atoms. The number of fused-ring (bicyclic) bond motifs is 1. The maximum Gasteiger partial charge on any atom is 0.348 e. The van der Waals surface area contributed by atoms with Crippen molar-refractivity contribution >= 4 is 23.1 Å². The van der Waals surface area contributed by atoms with Gasteiger partial charge in [-0.1, -0.05) is 0 Å². The number of rotatable bonds is 2. The van der Waals surface area contributed by atoms with E-state index in [1.165, 1.54) is 11.3 Å². The van der Waals surface area contributed by atoms with Crippen LogP contribution >= 0.6 is 11.3 Å². The van der Waals surface area contributed by atoms with Crippen LogP contribution in [0.25, 0.3) is 0 Å². The molecule has 0 amide bonds. The van der Waals surface area contributed by atoms with E-state index in [9.17, 15) is 9.59 Å². The molecule has 0 aliphatic heterocycles. The zero-order chi connectivity index (χ0) is 10.8. The second kappa shape index (κ2) is 4.14. The minimum atomic E-state index is -0.315. The summed E-state index contributed by atoms with van der Waals surface area (Å²) in [6.07, 6.45) is 2.40. The Hall–Kier alpha value is -1.16. The zero-order valence-electron chi connectivity index (χ0n) is 8.54. The van der Waals surface area contributed by atoms with E-state index in [1.807, 2.05) is 0 Å². The summed E-state index contributed by atoms with van der Waals surface area (Å²) >= 11 is 1.27. The molecular formula is C11H12O3S. The van der Waals surface area contributed by atoms with E-state index >= 15 is 0 Å². The summed E-state index contributed by atoms with van der Waals surface area (Å²) < 4.78 is 4.90. The number of thiophene rings is 1. The van der Waals surface area contributed by atoms with Gasteiger partial charge in [-0.2, -0.15) is 0 Å². The Kier molecular flexibility index (Phi) is 2.86. The Morgan fingerprint density at radius 3 is 3.00 bits per heavy atom. The molecule has 0 radical (unpaired) electrons. The molecule has 0 bridgehead atoms. The van der Waals surface area contributed by atoms with Crippen molar-refractivity contribution in [3.8, 4) is 0 Å². The number of ketones is 1. The maximum atomic E-state index is 11.5. The summed E-state index contributed by atoms with van der Waals surface area (Å²) in [6, 6.07) is 1.80. The first kappa shape index (κ1) is 10.4. The van der Waals surface area contributed by atoms with Crippen LogP contribution in [0.5, 0.6) is 0 Å². The highest BCUT2D eigenvalue weighted by atomic mass is 32.1. The second-order valence-corrected chi connectivity index (χ2v) is 4.51. The van der Waals surface area contributed by atoms with E-state index in [0.717, 1.165) is 23.3 Å². The fourth-order valence-electron chi connectivity index (χ4n) is 1.71. The Morgan fingerprint density at radius 2 is 2.33 bits per heavy atom. The van der Waals surface area contributed by atoms with Gasteiger partial charge in [0.25, 0.3) is 0 Å². The topological polar surface area (TPSA) is 43.4 Å². The monoisotopic (exact) mass is 224 g/mol. The maximum absolute atomic E-state index is 11.5. The molecule has 1 aromatic rings. The molecule has 15 heavy (non-hydrogen) atoms. The highest BCUT2D eigenvalue weighted by Crippen LogP contribution is 2.29. The third kappa shape index (κ3) is 1.95. The van der Waals surface area contributed by atoms with Crippen LogP contribution in [0, 0.1) is 0 Å².